The van der Waals surface area contributed by atoms with Gasteiger partial charge in [-0.25, -0.2) is 4.98 Å². The smallest absolute Gasteiger partial charge is 0.270 e. The Labute approximate surface area is 153 Å². The van der Waals surface area contributed by atoms with Crippen molar-refractivity contribution in [3.63, 3.8) is 0 Å². The second-order valence-electron chi connectivity index (χ2n) is 6.76. The highest BCUT2D eigenvalue weighted by atomic mass is 16.2. The van der Waals surface area contributed by atoms with Crippen molar-refractivity contribution < 1.29 is 9.59 Å². The zero-order valence-corrected chi connectivity index (χ0v) is 14.7. The van der Waals surface area contributed by atoms with E-state index in [1.165, 1.54) is 0 Å². The van der Waals surface area contributed by atoms with Crippen LogP contribution in [0.3, 0.4) is 0 Å². The average Bonchev–Trinajstić information content (AvgIpc) is 3.24. The third-order valence-electron chi connectivity index (χ3n) is 4.77. The fourth-order valence-electron chi connectivity index (χ4n) is 3.15. The summed E-state index contributed by atoms with van der Waals surface area (Å²) in [7, 11) is 0. The van der Waals surface area contributed by atoms with Crippen LogP contribution in [0.5, 0.6) is 0 Å². The molecular formula is C19H23N5O2. The van der Waals surface area contributed by atoms with Gasteiger partial charge in [0.15, 0.2) is 5.66 Å². The summed E-state index contributed by atoms with van der Waals surface area (Å²) >= 11 is 0. The van der Waals surface area contributed by atoms with E-state index < -0.39 is 5.66 Å². The third kappa shape index (κ3) is 4.66. The molecule has 0 unspecified atom stereocenters. The number of pyridine rings is 1. The van der Waals surface area contributed by atoms with Crippen LogP contribution in [-0.2, 0) is 0 Å². The highest BCUT2D eigenvalue weighted by molar-refractivity contribution is 5.96. The molecule has 1 aliphatic carbocycles. The number of aromatic nitrogens is 1. The molecule has 1 fully saturated rings. The van der Waals surface area contributed by atoms with Gasteiger partial charge in [0.2, 0.25) is 0 Å². The predicted molar refractivity (Wildman–Crippen MR) is 96.6 cm³/mol. The van der Waals surface area contributed by atoms with Crippen molar-refractivity contribution in [3.8, 4) is 12.3 Å². The van der Waals surface area contributed by atoms with Crippen molar-refractivity contribution in [2.24, 2.45) is 10.2 Å². The van der Waals surface area contributed by atoms with Crippen LogP contribution >= 0.6 is 0 Å². The van der Waals surface area contributed by atoms with Crippen molar-refractivity contribution in [3.05, 3.63) is 29.6 Å². The van der Waals surface area contributed by atoms with E-state index in [0.29, 0.717) is 25.8 Å². The summed E-state index contributed by atoms with van der Waals surface area (Å²) in [4.78, 5) is 28.8. The Morgan fingerprint density at radius 2 is 1.85 bits per heavy atom. The van der Waals surface area contributed by atoms with Gasteiger partial charge in [-0.2, -0.15) is 10.2 Å². The minimum Gasteiger partial charge on any atom is -0.351 e. The van der Waals surface area contributed by atoms with Crippen LogP contribution in [0.4, 0.5) is 0 Å². The summed E-state index contributed by atoms with van der Waals surface area (Å²) in [6, 6.07) is 5.11. The van der Waals surface area contributed by atoms with Crippen molar-refractivity contribution in [1.29, 1.82) is 0 Å². The lowest BCUT2D eigenvalue weighted by Crippen LogP contribution is -2.34. The summed E-state index contributed by atoms with van der Waals surface area (Å²) < 4.78 is 0. The van der Waals surface area contributed by atoms with Crippen molar-refractivity contribution >= 4 is 11.8 Å². The summed E-state index contributed by atoms with van der Waals surface area (Å²) in [6.45, 7) is 0.427. The van der Waals surface area contributed by atoms with Gasteiger partial charge in [0.25, 0.3) is 11.8 Å². The van der Waals surface area contributed by atoms with Gasteiger partial charge in [0, 0.05) is 31.8 Å². The molecule has 26 heavy (non-hydrogen) atoms. The second kappa shape index (κ2) is 8.09. The lowest BCUT2D eigenvalue weighted by molar-refractivity contribution is 0.0931. The summed E-state index contributed by atoms with van der Waals surface area (Å²) in [5, 5.41) is 13.9. The molecule has 2 aliphatic rings. The molecule has 3 rings (SSSR count). The lowest BCUT2D eigenvalue weighted by Gasteiger charge is -2.12. The van der Waals surface area contributed by atoms with E-state index in [2.05, 4.69) is 31.8 Å². The van der Waals surface area contributed by atoms with Crippen molar-refractivity contribution in [2.45, 2.75) is 56.7 Å². The normalized spacial score (nSPS) is 17.5. The largest absolute Gasteiger partial charge is 0.351 e. The van der Waals surface area contributed by atoms with Gasteiger partial charge in [-0.1, -0.05) is 18.9 Å². The Morgan fingerprint density at radius 3 is 2.50 bits per heavy atom. The molecule has 2 N–H and O–H groups in total. The van der Waals surface area contributed by atoms with Gasteiger partial charge in [0.1, 0.15) is 11.4 Å². The first kappa shape index (κ1) is 18.1. The molecule has 0 spiro atoms. The maximum Gasteiger partial charge on any atom is 0.270 e. The number of carbonyl (C=O) groups excluding carboxylic acids is 2. The van der Waals surface area contributed by atoms with Crippen LogP contribution in [0.15, 0.2) is 28.4 Å². The Hall–Kier alpha value is -2.75. The molecule has 1 aliphatic heterocycles. The molecule has 0 atom stereocenters. The van der Waals surface area contributed by atoms with Crippen LogP contribution in [0.2, 0.25) is 0 Å². The average molecular weight is 353 g/mol. The van der Waals surface area contributed by atoms with Gasteiger partial charge in [0.05, 0.1) is 0 Å². The number of rotatable bonds is 8. The molecule has 2 heterocycles. The summed E-state index contributed by atoms with van der Waals surface area (Å²) in [5.74, 6) is 2.04. The minimum absolute atomic E-state index is 0.215. The SMILES string of the molecule is C#CCCC1(CCNC(=O)c2cccc(C(=O)NC3CCCC3)n2)N=N1. The van der Waals surface area contributed by atoms with E-state index in [9.17, 15) is 9.59 Å². The standard InChI is InChI=1S/C19H23N5O2/c1-2-3-11-19(23-24-19)12-13-20-17(25)15-9-6-10-16(22-15)18(26)21-14-7-4-5-8-14/h1,6,9-10,14H,3-5,7-8,11-13H2,(H,20,25)(H,21,26). The number of amides is 2. The van der Waals surface area contributed by atoms with Crippen LogP contribution in [-0.4, -0.2) is 35.0 Å². The van der Waals surface area contributed by atoms with Crippen LogP contribution < -0.4 is 10.6 Å². The lowest BCUT2D eigenvalue weighted by atomic mass is 10.0. The van der Waals surface area contributed by atoms with Crippen LogP contribution in [0.1, 0.15) is 65.9 Å². The molecule has 1 aromatic rings. The highest BCUT2D eigenvalue weighted by Crippen LogP contribution is 2.36. The molecule has 1 saturated carbocycles. The molecule has 1 aromatic heterocycles. The van der Waals surface area contributed by atoms with Crippen molar-refractivity contribution in [2.75, 3.05) is 6.54 Å². The molecule has 0 saturated heterocycles. The zero-order chi connectivity index (χ0) is 18.4. The Kier molecular flexibility index (Phi) is 5.61. The second-order valence-corrected chi connectivity index (χ2v) is 6.76. The van der Waals surface area contributed by atoms with E-state index in [-0.39, 0.29) is 29.2 Å². The maximum atomic E-state index is 12.3. The number of carbonyl (C=O) groups is 2. The molecule has 7 heteroatoms. The number of nitrogens with zero attached hydrogens (tertiary/aromatic N) is 3. The monoisotopic (exact) mass is 353 g/mol. The van der Waals surface area contributed by atoms with Crippen LogP contribution in [0.25, 0.3) is 0 Å². The molecule has 7 nitrogen and oxygen atoms in total. The Morgan fingerprint density at radius 1 is 1.15 bits per heavy atom. The first-order valence-corrected chi connectivity index (χ1v) is 9.05. The highest BCUT2D eigenvalue weighted by Gasteiger charge is 2.38. The molecule has 0 bridgehead atoms. The molecule has 0 aromatic carbocycles. The number of hydrogen-bond donors (Lipinski definition) is 2. The first-order valence-electron chi connectivity index (χ1n) is 9.05. The fourth-order valence-corrected chi connectivity index (χ4v) is 3.15. The third-order valence-corrected chi connectivity index (χ3v) is 4.77. The molecule has 0 radical (unpaired) electrons. The first-order chi connectivity index (χ1) is 12.6. The van der Waals surface area contributed by atoms with Gasteiger partial charge in [-0.15, -0.1) is 12.3 Å². The summed E-state index contributed by atoms with van der Waals surface area (Å²) in [5.41, 5.74) is 0.0736. The number of terminal acetylenes is 1. The fraction of sp³-hybridized carbons (Fsp3) is 0.526. The maximum absolute atomic E-state index is 12.3. The van der Waals surface area contributed by atoms with E-state index in [4.69, 9.17) is 6.42 Å². The van der Waals surface area contributed by atoms with Gasteiger partial charge >= 0.3 is 0 Å². The number of hydrogen-bond acceptors (Lipinski definition) is 5. The molecular weight excluding hydrogens is 330 g/mol. The topological polar surface area (TPSA) is 95.8 Å². The van der Waals surface area contributed by atoms with E-state index in [1.807, 2.05) is 0 Å². The van der Waals surface area contributed by atoms with Crippen molar-refractivity contribution in [1.82, 2.24) is 15.6 Å². The Bertz CT molecular complexity index is 741. The predicted octanol–water partition coefficient (Wildman–Crippen LogP) is 2.45. The Balaban J connectivity index is 1.50. The molecule has 136 valence electrons. The van der Waals surface area contributed by atoms with Crippen LogP contribution in [0, 0.1) is 12.3 Å². The van der Waals surface area contributed by atoms with E-state index in [0.717, 1.165) is 25.7 Å². The zero-order valence-electron chi connectivity index (χ0n) is 14.7. The quantitative estimate of drug-likeness (QED) is 0.703. The summed E-state index contributed by atoms with van der Waals surface area (Å²) in [6.07, 6.45) is 11.5. The van der Waals surface area contributed by atoms with E-state index >= 15 is 0 Å². The number of nitrogens with one attached hydrogen (secondary N) is 2. The minimum atomic E-state index is -0.421. The van der Waals surface area contributed by atoms with Gasteiger partial charge in [-0.3, -0.25) is 9.59 Å². The van der Waals surface area contributed by atoms with Gasteiger partial charge in [-0.05, 0) is 25.0 Å². The van der Waals surface area contributed by atoms with Gasteiger partial charge < -0.3 is 10.6 Å². The van der Waals surface area contributed by atoms with E-state index in [1.54, 1.807) is 18.2 Å². The molecule has 2 amide bonds.